The van der Waals surface area contributed by atoms with Crippen LogP contribution in [-0.2, 0) is 11.8 Å². The van der Waals surface area contributed by atoms with E-state index in [1.807, 2.05) is 24.3 Å². The monoisotopic (exact) mass is 443 g/mol. The Morgan fingerprint density at radius 2 is 1.94 bits per heavy atom. The van der Waals surface area contributed by atoms with Gasteiger partial charge >= 0.3 is 6.18 Å². The molecule has 1 saturated heterocycles. The van der Waals surface area contributed by atoms with Crippen molar-refractivity contribution in [1.29, 1.82) is 0 Å². The van der Waals surface area contributed by atoms with Gasteiger partial charge in [-0.3, -0.25) is 9.89 Å². The highest BCUT2D eigenvalue weighted by Crippen LogP contribution is 2.48. The second kappa shape index (κ2) is 7.29. The minimum absolute atomic E-state index is 0.0204. The Bertz CT molecular complexity index is 1180. The lowest BCUT2D eigenvalue weighted by Crippen LogP contribution is -2.49. The van der Waals surface area contributed by atoms with Gasteiger partial charge in [0.15, 0.2) is 0 Å². The first-order valence-corrected chi connectivity index (χ1v) is 10.2. The van der Waals surface area contributed by atoms with Gasteiger partial charge in [0, 0.05) is 42.6 Å². The van der Waals surface area contributed by atoms with Crippen LogP contribution in [0.2, 0.25) is 0 Å². The van der Waals surface area contributed by atoms with E-state index in [9.17, 15) is 18.0 Å². The van der Waals surface area contributed by atoms with E-state index in [0.29, 0.717) is 25.9 Å². The van der Waals surface area contributed by atoms with E-state index in [-0.39, 0.29) is 11.3 Å². The number of hydrogen-bond donors (Lipinski definition) is 1. The second-order valence-electron chi connectivity index (χ2n) is 7.96. The van der Waals surface area contributed by atoms with Gasteiger partial charge in [0.25, 0.3) is 5.91 Å². The van der Waals surface area contributed by atoms with Crippen LogP contribution in [0.1, 0.15) is 34.3 Å². The molecular weight excluding hydrogens is 423 g/mol. The molecule has 2 aliphatic rings. The quantitative estimate of drug-likeness (QED) is 0.627. The first kappa shape index (κ1) is 20.4. The fraction of sp³-hybridized carbons (Fsp3) is 0.304. The molecule has 0 saturated carbocycles. The number of alkyl halides is 3. The van der Waals surface area contributed by atoms with Crippen molar-refractivity contribution >= 4 is 5.91 Å². The number of hydrogen-bond acceptors (Lipinski definition) is 4. The van der Waals surface area contributed by atoms with Crippen molar-refractivity contribution in [2.45, 2.75) is 24.6 Å². The number of piperidine rings is 1. The van der Waals surface area contributed by atoms with Crippen molar-refractivity contribution in [2.24, 2.45) is 0 Å². The summed E-state index contributed by atoms with van der Waals surface area (Å²) in [4.78, 5) is 14.6. The van der Waals surface area contributed by atoms with Crippen LogP contribution in [0.15, 0.2) is 48.7 Å². The Morgan fingerprint density at radius 1 is 1.19 bits per heavy atom. The van der Waals surface area contributed by atoms with Gasteiger partial charge in [-0.05, 0) is 30.3 Å². The molecule has 5 rings (SSSR count). The van der Waals surface area contributed by atoms with Crippen LogP contribution in [0.25, 0.3) is 11.3 Å². The Kier molecular flexibility index (Phi) is 4.65. The average molecular weight is 443 g/mol. The third-order valence-electron chi connectivity index (χ3n) is 6.20. The largest absolute Gasteiger partial charge is 0.496 e. The fourth-order valence-electron chi connectivity index (χ4n) is 4.55. The number of halogens is 3. The molecule has 32 heavy (non-hydrogen) atoms. The molecule has 2 aromatic carbocycles. The van der Waals surface area contributed by atoms with Crippen molar-refractivity contribution in [3.63, 3.8) is 0 Å². The number of nitrogens with zero attached hydrogens (tertiary/aromatic N) is 2. The number of amides is 1. The summed E-state index contributed by atoms with van der Waals surface area (Å²) in [5.74, 6) is -0.0148. The highest BCUT2D eigenvalue weighted by atomic mass is 19.4. The van der Waals surface area contributed by atoms with Crippen LogP contribution in [0.3, 0.4) is 0 Å². The first-order chi connectivity index (χ1) is 15.3. The van der Waals surface area contributed by atoms with Crippen molar-refractivity contribution in [3.8, 4) is 22.8 Å². The third-order valence-corrected chi connectivity index (χ3v) is 6.20. The van der Waals surface area contributed by atoms with Crippen LogP contribution >= 0.6 is 0 Å². The molecule has 1 fully saturated rings. The molecule has 2 aliphatic heterocycles. The van der Waals surface area contributed by atoms with Crippen LogP contribution in [0, 0.1) is 0 Å². The molecule has 1 aromatic heterocycles. The number of carbonyl (C=O) groups is 1. The smallest absolute Gasteiger partial charge is 0.419 e. The lowest BCUT2D eigenvalue weighted by molar-refractivity contribution is -0.138. The van der Waals surface area contributed by atoms with Crippen molar-refractivity contribution in [2.75, 3.05) is 20.2 Å². The summed E-state index contributed by atoms with van der Waals surface area (Å²) in [6, 6.07) is 11.1. The number of ether oxygens (including phenoxy) is 2. The normalized spacial score (nSPS) is 16.8. The lowest BCUT2D eigenvalue weighted by Gasteiger charge is -2.44. The molecule has 3 aromatic rings. The van der Waals surface area contributed by atoms with Crippen LogP contribution in [-0.4, -0.2) is 41.2 Å². The minimum atomic E-state index is -4.62. The van der Waals surface area contributed by atoms with Gasteiger partial charge < -0.3 is 14.4 Å². The van der Waals surface area contributed by atoms with Crippen molar-refractivity contribution in [3.05, 3.63) is 65.4 Å². The highest BCUT2D eigenvalue weighted by Gasteiger charge is 2.45. The van der Waals surface area contributed by atoms with Gasteiger partial charge in [-0.1, -0.05) is 12.1 Å². The molecule has 0 aliphatic carbocycles. The lowest BCUT2D eigenvalue weighted by atomic mass is 9.81. The number of carbonyl (C=O) groups excluding carboxylic acids is 1. The van der Waals surface area contributed by atoms with E-state index < -0.39 is 23.2 Å². The molecule has 3 heterocycles. The number of aromatic nitrogens is 2. The Hall–Kier alpha value is -3.49. The number of H-pyrrole nitrogens is 1. The van der Waals surface area contributed by atoms with E-state index >= 15 is 0 Å². The van der Waals surface area contributed by atoms with E-state index in [0.717, 1.165) is 28.6 Å². The third kappa shape index (κ3) is 3.19. The van der Waals surface area contributed by atoms with Crippen molar-refractivity contribution in [1.82, 2.24) is 15.1 Å². The van der Waals surface area contributed by atoms with Gasteiger partial charge in [-0.2, -0.15) is 18.3 Å². The summed E-state index contributed by atoms with van der Waals surface area (Å²) in [5.41, 5.74) is 1.15. The molecule has 0 unspecified atom stereocenters. The maximum absolute atomic E-state index is 13.4. The molecule has 0 bridgehead atoms. The summed E-state index contributed by atoms with van der Waals surface area (Å²) >= 11 is 0. The summed E-state index contributed by atoms with van der Waals surface area (Å²) < 4.78 is 51.3. The second-order valence-corrected chi connectivity index (χ2v) is 7.96. The molecular formula is C23H20F3N3O3. The Labute approximate surface area is 181 Å². The number of aromatic amines is 1. The van der Waals surface area contributed by atoms with Gasteiger partial charge in [0.1, 0.15) is 17.1 Å². The van der Waals surface area contributed by atoms with Crippen LogP contribution in [0.5, 0.6) is 11.5 Å². The zero-order valence-corrected chi connectivity index (χ0v) is 17.2. The van der Waals surface area contributed by atoms with Gasteiger partial charge in [0.2, 0.25) is 0 Å². The van der Waals surface area contributed by atoms with Crippen molar-refractivity contribution < 1.29 is 27.4 Å². The molecule has 9 heteroatoms. The van der Waals surface area contributed by atoms with E-state index in [1.165, 1.54) is 19.2 Å². The number of nitrogens with one attached hydrogen (secondary N) is 1. The van der Waals surface area contributed by atoms with Crippen LogP contribution < -0.4 is 9.47 Å². The maximum atomic E-state index is 13.4. The molecule has 0 atom stereocenters. The van der Waals surface area contributed by atoms with Gasteiger partial charge in [-0.25, -0.2) is 0 Å². The van der Waals surface area contributed by atoms with Crippen LogP contribution in [0.4, 0.5) is 13.2 Å². The predicted octanol–water partition coefficient (Wildman–Crippen LogP) is 4.63. The Morgan fingerprint density at radius 3 is 2.66 bits per heavy atom. The number of fused-ring (bicyclic) bond motifs is 4. The number of rotatable bonds is 2. The number of likely N-dealkylation sites (tertiary alicyclic amines) is 1. The zero-order valence-electron chi connectivity index (χ0n) is 17.2. The summed E-state index contributed by atoms with van der Waals surface area (Å²) in [5, 5.41) is 7.25. The van der Waals surface area contributed by atoms with E-state index in [4.69, 9.17) is 9.47 Å². The number of benzene rings is 2. The zero-order chi connectivity index (χ0) is 22.5. The average Bonchev–Trinajstić information content (AvgIpc) is 3.30. The summed E-state index contributed by atoms with van der Waals surface area (Å²) in [6.45, 7) is 0.692. The van der Waals surface area contributed by atoms with Gasteiger partial charge in [-0.15, -0.1) is 0 Å². The fourth-order valence-corrected chi connectivity index (χ4v) is 4.55. The highest BCUT2D eigenvalue weighted by molar-refractivity contribution is 5.94. The van der Waals surface area contributed by atoms with E-state index in [2.05, 4.69) is 10.2 Å². The Balaban J connectivity index is 1.39. The molecule has 1 amide bonds. The maximum Gasteiger partial charge on any atom is 0.419 e. The molecule has 1 spiro atoms. The minimum Gasteiger partial charge on any atom is -0.496 e. The SMILES string of the molecule is COc1ccc(C(=O)N2CCC3(CC2)Oc2ccccc2-c2[nH]ncc23)cc1C(F)(F)F. The number of para-hydroxylation sites is 1. The van der Waals surface area contributed by atoms with E-state index in [1.54, 1.807) is 11.1 Å². The predicted molar refractivity (Wildman–Crippen MR) is 109 cm³/mol. The van der Waals surface area contributed by atoms with Gasteiger partial charge in [0.05, 0.1) is 24.6 Å². The molecule has 6 nitrogen and oxygen atoms in total. The number of methoxy groups -OCH3 is 1. The molecule has 1 N–H and O–H groups in total. The molecule has 166 valence electrons. The summed E-state index contributed by atoms with van der Waals surface area (Å²) in [7, 11) is 1.17. The topological polar surface area (TPSA) is 67.4 Å². The summed E-state index contributed by atoms with van der Waals surface area (Å²) in [6.07, 6.45) is -1.86. The first-order valence-electron chi connectivity index (χ1n) is 10.2. The standard InChI is InChI=1S/C23H20F3N3O3/c1-31-19-7-6-14(12-16(19)23(24,25)26)21(30)29-10-8-22(9-11-29)17-13-27-28-20(17)15-4-2-3-5-18(15)32-22/h2-7,12-13H,8-11H2,1H3,(H,27,28). The molecule has 0 radical (unpaired) electrons.